The van der Waals surface area contributed by atoms with Crippen LogP contribution in [0, 0.1) is 0 Å². The van der Waals surface area contributed by atoms with Crippen LogP contribution < -0.4 is 5.32 Å². The van der Waals surface area contributed by atoms with Gasteiger partial charge < -0.3 is 5.32 Å². The van der Waals surface area contributed by atoms with E-state index in [1.54, 1.807) is 29.5 Å². The van der Waals surface area contributed by atoms with E-state index >= 15 is 0 Å². The number of carbonyl (C=O) groups is 1. The predicted molar refractivity (Wildman–Crippen MR) is 89.2 cm³/mol. The third-order valence-corrected chi connectivity index (χ3v) is 3.82. The summed E-state index contributed by atoms with van der Waals surface area (Å²) in [5, 5.41) is 7.04. The van der Waals surface area contributed by atoms with Crippen molar-refractivity contribution in [3.63, 3.8) is 0 Å². The fourth-order valence-electron chi connectivity index (χ4n) is 2.16. The molecule has 1 aromatic carbocycles. The van der Waals surface area contributed by atoms with Crippen LogP contribution in [0.3, 0.4) is 0 Å². The zero-order chi connectivity index (χ0) is 16.2. The van der Waals surface area contributed by atoms with E-state index < -0.39 is 0 Å². The molecule has 2 aromatic heterocycles. The van der Waals surface area contributed by atoms with Gasteiger partial charge in [-0.3, -0.25) is 9.78 Å². The molecule has 3 rings (SSSR count). The summed E-state index contributed by atoms with van der Waals surface area (Å²) in [6, 6.07) is 9.41. The van der Waals surface area contributed by atoms with E-state index in [0.29, 0.717) is 5.56 Å². The van der Waals surface area contributed by atoms with Gasteiger partial charge in [-0.25, -0.2) is 9.67 Å². The van der Waals surface area contributed by atoms with Gasteiger partial charge in [0.15, 0.2) is 0 Å². The minimum Gasteiger partial charge on any atom is -0.345 e. The summed E-state index contributed by atoms with van der Waals surface area (Å²) < 4.78 is 2.45. The highest BCUT2D eigenvalue weighted by atomic mass is 79.9. The monoisotopic (exact) mass is 371 g/mol. The first-order valence-corrected chi connectivity index (χ1v) is 7.79. The van der Waals surface area contributed by atoms with Crippen molar-refractivity contribution >= 4 is 21.8 Å². The van der Waals surface area contributed by atoms with Crippen molar-refractivity contribution in [1.82, 2.24) is 25.1 Å². The molecule has 1 atom stereocenters. The Balaban J connectivity index is 1.70. The average Bonchev–Trinajstić information content (AvgIpc) is 3.09. The maximum absolute atomic E-state index is 12.2. The molecule has 0 unspecified atom stereocenters. The molecule has 0 aliphatic heterocycles. The molecular weight excluding hydrogens is 358 g/mol. The zero-order valence-corrected chi connectivity index (χ0v) is 13.9. The Hall–Kier alpha value is -2.54. The summed E-state index contributed by atoms with van der Waals surface area (Å²) >= 11 is 3.31. The lowest BCUT2D eigenvalue weighted by Gasteiger charge is -2.15. The van der Waals surface area contributed by atoms with E-state index in [4.69, 9.17) is 0 Å². The Morgan fingerprint density at radius 3 is 2.65 bits per heavy atom. The molecule has 0 aliphatic carbocycles. The van der Waals surface area contributed by atoms with Crippen LogP contribution in [0.2, 0.25) is 0 Å². The molecule has 0 aliphatic rings. The summed E-state index contributed by atoms with van der Waals surface area (Å²) in [6.45, 7) is 1.94. The number of halogens is 1. The Morgan fingerprint density at radius 2 is 2.00 bits per heavy atom. The molecule has 0 fully saturated rings. The molecule has 2 heterocycles. The summed E-state index contributed by atoms with van der Waals surface area (Å²) in [7, 11) is 0. The number of hydrogen-bond donors (Lipinski definition) is 1. The topological polar surface area (TPSA) is 72.7 Å². The van der Waals surface area contributed by atoms with Gasteiger partial charge in [0.05, 0.1) is 17.3 Å². The number of pyridine rings is 1. The van der Waals surface area contributed by atoms with Crippen molar-refractivity contribution in [2.45, 2.75) is 13.0 Å². The lowest BCUT2D eigenvalue weighted by molar-refractivity contribution is 0.0939. The first kappa shape index (κ1) is 15.4. The van der Waals surface area contributed by atoms with E-state index in [1.165, 1.54) is 6.33 Å². The van der Waals surface area contributed by atoms with Crippen LogP contribution in [0.5, 0.6) is 0 Å². The van der Waals surface area contributed by atoms with Crippen LogP contribution in [0.4, 0.5) is 0 Å². The Kier molecular flexibility index (Phi) is 4.47. The lowest BCUT2D eigenvalue weighted by atomic mass is 10.1. The van der Waals surface area contributed by atoms with Gasteiger partial charge in [-0.05, 0) is 46.6 Å². The Bertz CT molecular complexity index is 802. The zero-order valence-electron chi connectivity index (χ0n) is 12.3. The maximum atomic E-state index is 12.2. The molecule has 23 heavy (non-hydrogen) atoms. The maximum Gasteiger partial charge on any atom is 0.253 e. The number of carbonyl (C=O) groups excluding carboxylic acids is 1. The molecule has 1 N–H and O–H groups in total. The number of benzene rings is 1. The van der Waals surface area contributed by atoms with Gasteiger partial charge in [0.1, 0.15) is 12.7 Å². The summed E-state index contributed by atoms with van der Waals surface area (Å²) in [5.41, 5.74) is 2.44. The van der Waals surface area contributed by atoms with Gasteiger partial charge in [-0.1, -0.05) is 12.1 Å². The van der Waals surface area contributed by atoms with Crippen molar-refractivity contribution < 1.29 is 4.79 Å². The van der Waals surface area contributed by atoms with Crippen LogP contribution in [0.15, 0.2) is 59.9 Å². The number of rotatable bonds is 4. The predicted octanol–water partition coefficient (Wildman–Crippen LogP) is 2.92. The lowest BCUT2D eigenvalue weighted by Crippen LogP contribution is -2.26. The largest absolute Gasteiger partial charge is 0.345 e. The first-order chi connectivity index (χ1) is 11.1. The first-order valence-electron chi connectivity index (χ1n) is 7.00. The molecule has 116 valence electrons. The molecular formula is C16H14BrN5O. The van der Waals surface area contributed by atoms with Gasteiger partial charge in [0.25, 0.3) is 5.91 Å². The van der Waals surface area contributed by atoms with Crippen molar-refractivity contribution in [2.24, 2.45) is 0 Å². The van der Waals surface area contributed by atoms with Gasteiger partial charge in [0.2, 0.25) is 0 Å². The van der Waals surface area contributed by atoms with Crippen molar-refractivity contribution in [3.8, 4) is 5.69 Å². The SMILES string of the molecule is C[C@H](NC(=O)c1cncc(Br)c1)c1ccc(-n2cncn2)cc1. The molecule has 3 aromatic rings. The fraction of sp³-hybridized carbons (Fsp3) is 0.125. The second-order valence-corrected chi connectivity index (χ2v) is 5.93. The van der Waals surface area contributed by atoms with Gasteiger partial charge in [-0.2, -0.15) is 5.10 Å². The number of aromatic nitrogens is 4. The van der Waals surface area contributed by atoms with E-state index in [-0.39, 0.29) is 11.9 Å². The highest BCUT2D eigenvalue weighted by Crippen LogP contribution is 2.16. The van der Waals surface area contributed by atoms with Gasteiger partial charge in [-0.15, -0.1) is 0 Å². The van der Waals surface area contributed by atoms with Crippen molar-refractivity contribution in [1.29, 1.82) is 0 Å². The molecule has 7 heteroatoms. The van der Waals surface area contributed by atoms with E-state index in [1.807, 2.05) is 31.2 Å². The van der Waals surface area contributed by atoms with Crippen molar-refractivity contribution in [2.75, 3.05) is 0 Å². The number of hydrogen-bond acceptors (Lipinski definition) is 4. The van der Waals surface area contributed by atoms with E-state index in [2.05, 4.69) is 36.3 Å². The van der Waals surface area contributed by atoms with Crippen LogP contribution in [0.1, 0.15) is 28.9 Å². The molecule has 0 saturated carbocycles. The highest BCUT2D eigenvalue weighted by Gasteiger charge is 2.12. The quantitative estimate of drug-likeness (QED) is 0.765. The second kappa shape index (κ2) is 6.70. The summed E-state index contributed by atoms with van der Waals surface area (Å²) in [4.78, 5) is 20.2. The van der Waals surface area contributed by atoms with Crippen LogP contribution in [0.25, 0.3) is 5.69 Å². The van der Waals surface area contributed by atoms with Crippen molar-refractivity contribution in [3.05, 3.63) is 71.0 Å². The van der Waals surface area contributed by atoms with Gasteiger partial charge in [0, 0.05) is 16.9 Å². The van der Waals surface area contributed by atoms with Crippen LogP contribution in [-0.2, 0) is 0 Å². The highest BCUT2D eigenvalue weighted by molar-refractivity contribution is 9.10. The number of amides is 1. The van der Waals surface area contributed by atoms with E-state index in [9.17, 15) is 4.79 Å². The number of nitrogens with one attached hydrogen (secondary N) is 1. The standard InChI is InChI=1S/C16H14BrN5O/c1-11(21-16(23)13-6-14(17)8-18-7-13)12-2-4-15(5-3-12)22-10-19-9-20-22/h2-11H,1H3,(H,21,23)/t11-/m0/s1. The normalized spacial score (nSPS) is 11.9. The summed E-state index contributed by atoms with van der Waals surface area (Å²) in [6.07, 6.45) is 6.31. The molecule has 0 spiro atoms. The minimum atomic E-state index is -0.161. The Labute approximate surface area is 141 Å². The second-order valence-electron chi connectivity index (χ2n) is 5.02. The van der Waals surface area contributed by atoms with Gasteiger partial charge >= 0.3 is 0 Å². The third kappa shape index (κ3) is 3.62. The summed E-state index contributed by atoms with van der Waals surface area (Å²) in [5.74, 6) is -0.161. The fourth-order valence-corrected chi connectivity index (χ4v) is 2.52. The average molecular weight is 372 g/mol. The molecule has 1 amide bonds. The molecule has 0 bridgehead atoms. The molecule has 0 saturated heterocycles. The third-order valence-electron chi connectivity index (χ3n) is 3.39. The Morgan fingerprint density at radius 1 is 1.22 bits per heavy atom. The van der Waals surface area contributed by atoms with Crippen LogP contribution >= 0.6 is 15.9 Å². The van der Waals surface area contributed by atoms with Crippen LogP contribution in [-0.4, -0.2) is 25.7 Å². The smallest absolute Gasteiger partial charge is 0.253 e. The molecule has 0 radical (unpaired) electrons. The van der Waals surface area contributed by atoms with E-state index in [0.717, 1.165) is 15.7 Å². The molecule has 6 nitrogen and oxygen atoms in total. The number of nitrogens with zero attached hydrogens (tertiary/aromatic N) is 4. The minimum absolute atomic E-state index is 0.119.